The van der Waals surface area contributed by atoms with Gasteiger partial charge in [-0.25, -0.2) is 0 Å². The van der Waals surface area contributed by atoms with Gasteiger partial charge in [-0.15, -0.1) is 0 Å². The Kier molecular flexibility index (Phi) is 6.66. The second kappa shape index (κ2) is 9.02. The molecule has 0 radical (unpaired) electrons. The van der Waals surface area contributed by atoms with Crippen molar-refractivity contribution < 1.29 is 22.9 Å². The lowest BCUT2D eigenvalue weighted by atomic mass is 9.50. The fourth-order valence-corrected chi connectivity index (χ4v) is 7.29. The molecule has 32 heavy (non-hydrogen) atoms. The number of carboxylic acids is 1. The predicted octanol–water partition coefficient (Wildman–Crippen LogP) is 1.69. The number of hydrogen-bond donors (Lipinski definition) is 5. The Hall–Kier alpha value is -1.52. The summed E-state index contributed by atoms with van der Waals surface area (Å²) in [5, 5.41) is 16.6. The van der Waals surface area contributed by atoms with Gasteiger partial charge in [0.15, 0.2) is 0 Å². The number of benzene rings is 1. The van der Waals surface area contributed by atoms with Crippen LogP contribution in [0.3, 0.4) is 0 Å². The minimum absolute atomic E-state index is 0.0480. The predicted molar refractivity (Wildman–Crippen MR) is 122 cm³/mol. The Morgan fingerprint density at radius 3 is 2.38 bits per heavy atom. The SMILES string of the molecule is N[C@@H](Cc1cccc(CNC23CC4CC(CC(NCCCS(=O)(=O)O)(C4)C2)C3)c1)C(=O)O. The zero-order valence-corrected chi connectivity index (χ0v) is 19.2. The highest BCUT2D eigenvalue weighted by Crippen LogP contribution is 2.57. The van der Waals surface area contributed by atoms with E-state index in [0.717, 1.165) is 36.9 Å². The molecule has 178 valence electrons. The molecule has 2 unspecified atom stereocenters. The average Bonchev–Trinajstić information content (AvgIpc) is 2.68. The molecule has 0 saturated heterocycles. The molecule has 5 rings (SSSR count). The second-order valence-electron chi connectivity index (χ2n) is 10.4. The third-order valence-electron chi connectivity index (χ3n) is 7.57. The van der Waals surface area contributed by atoms with E-state index in [1.54, 1.807) is 0 Å². The van der Waals surface area contributed by atoms with Gasteiger partial charge in [0.1, 0.15) is 6.04 Å². The first kappa shape index (κ1) is 23.6. The lowest BCUT2D eigenvalue weighted by Gasteiger charge is -2.62. The average molecular weight is 466 g/mol. The van der Waals surface area contributed by atoms with Crippen molar-refractivity contribution in [3.8, 4) is 0 Å². The monoisotopic (exact) mass is 465 g/mol. The third kappa shape index (κ3) is 5.69. The summed E-state index contributed by atoms with van der Waals surface area (Å²) in [5.74, 6) is 0.167. The maximum absolute atomic E-state index is 11.1. The summed E-state index contributed by atoms with van der Waals surface area (Å²) in [4.78, 5) is 11.1. The van der Waals surface area contributed by atoms with Gasteiger partial charge in [-0.2, -0.15) is 8.42 Å². The molecule has 8 nitrogen and oxygen atoms in total. The van der Waals surface area contributed by atoms with Gasteiger partial charge >= 0.3 is 5.97 Å². The van der Waals surface area contributed by atoms with Crippen LogP contribution in [0.25, 0.3) is 0 Å². The summed E-state index contributed by atoms with van der Waals surface area (Å²) in [5.41, 5.74) is 7.88. The van der Waals surface area contributed by atoms with E-state index in [9.17, 15) is 13.2 Å². The zero-order valence-electron chi connectivity index (χ0n) is 18.4. The van der Waals surface area contributed by atoms with E-state index in [-0.39, 0.29) is 16.8 Å². The van der Waals surface area contributed by atoms with Crippen molar-refractivity contribution in [3.05, 3.63) is 35.4 Å². The molecule has 4 aliphatic rings. The number of nitrogens with two attached hydrogens (primary N) is 1. The van der Waals surface area contributed by atoms with Gasteiger partial charge < -0.3 is 21.5 Å². The summed E-state index contributed by atoms with van der Waals surface area (Å²) in [6.07, 6.45) is 7.66. The summed E-state index contributed by atoms with van der Waals surface area (Å²) in [7, 11) is -3.91. The van der Waals surface area contributed by atoms with Crippen LogP contribution in [0.1, 0.15) is 56.1 Å². The standard InChI is InChI=1S/C23H35N3O5S/c24-20(21(27)28)9-16-3-1-4-17(7-16)14-26-23-12-18-8-19(13-23)11-22(10-18,15-23)25-5-2-6-32(29,30)31/h1,3-4,7,18-20,25-26H,2,5-6,8-15,24H2,(H,27,28)(H,29,30,31)/t18?,19?,20-,22?,23?/m0/s1. The Morgan fingerprint density at radius 1 is 1.12 bits per heavy atom. The van der Waals surface area contributed by atoms with Gasteiger partial charge in [0.2, 0.25) is 0 Å². The largest absolute Gasteiger partial charge is 0.480 e. The van der Waals surface area contributed by atoms with Gasteiger partial charge in [0.05, 0.1) is 5.75 Å². The van der Waals surface area contributed by atoms with Gasteiger partial charge in [-0.3, -0.25) is 9.35 Å². The van der Waals surface area contributed by atoms with Gasteiger partial charge in [-0.1, -0.05) is 24.3 Å². The van der Waals surface area contributed by atoms with Crippen molar-refractivity contribution >= 4 is 16.1 Å². The molecular formula is C23H35N3O5S. The van der Waals surface area contributed by atoms with Crippen LogP contribution in [0.2, 0.25) is 0 Å². The molecule has 9 heteroatoms. The van der Waals surface area contributed by atoms with Crippen molar-refractivity contribution in [2.75, 3.05) is 12.3 Å². The Morgan fingerprint density at radius 2 is 1.75 bits per heavy atom. The molecule has 6 N–H and O–H groups in total. The molecule has 4 saturated carbocycles. The van der Waals surface area contributed by atoms with E-state index < -0.39 is 22.1 Å². The van der Waals surface area contributed by atoms with Crippen LogP contribution in [-0.4, -0.2) is 53.5 Å². The van der Waals surface area contributed by atoms with Crippen LogP contribution in [0.15, 0.2) is 24.3 Å². The normalized spacial score (nSPS) is 32.2. The first-order valence-electron chi connectivity index (χ1n) is 11.6. The van der Waals surface area contributed by atoms with Crippen LogP contribution in [0.5, 0.6) is 0 Å². The van der Waals surface area contributed by atoms with Crippen molar-refractivity contribution in [2.45, 2.75) is 75.0 Å². The van der Waals surface area contributed by atoms with Crippen LogP contribution in [0.4, 0.5) is 0 Å². The maximum atomic E-state index is 11.1. The van der Waals surface area contributed by atoms with Crippen molar-refractivity contribution in [1.29, 1.82) is 0 Å². The van der Waals surface area contributed by atoms with E-state index in [1.165, 1.54) is 19.3 Å². The zero-order chi connectivity index (χ0) is 23.0. The Labute approximate surface area is 190 Å². The Balaban J connectivity index is 1.38. The van der Waals surface area contributed by atoms with E-state index in [4.69, 9.17) is 15.4 Å². The van der Waals surface area contributed by atoms with E-state index >= 15 is 0 Å². The van der Waals surface area contributed by atoms with Crippen LogP contribution in [0, 0.1) is 11.8 Å². The van der Waals surface area contributed by atoms with Crippen LogP contribution in [-0.2, 0) is 27.9 Å². The number of hydrogen-bond acceptors (Lipinski definition) is 6. The number of carboxylic acid groups (broad SMARTS) is 1. The van der Waals surface area contributed by atoms with Crippen LogP contribution >= 0.6 is 0 Å². The number of aliphatic carboxylic acids is 1. The molecular weight excluding hydrogens is 430 g/mol. The second-order valence-corrected chi connectivity index (χ2v) is 12.0. The lowest BCUT2D eigenvalue weighted by Crippen LogP contribution is -2.68. The first-order chi connectivity index (χ1) is 15.1. The molecule has 4 aliphatic carbocycles. The van der Waals surface area contributed by atoms with Crippen molar-refractivity contribution in [1.82, 2.24) is 10.6 Å². The summed E-state index contributed by atoms with van der Waals surface area (Å²) >= 11 is 0. The molecule has 0 aliphatic heterocycles. The summed E-state index contributed by atoms with van der Waals surface area (Å²) < 4.78 is 31.0. The number of carbonyl (C=O) groups is 1. The van der Waals surface area contributed by atoms with E-state index in [0.29, 0.717) is 31.2 Å². The number of nitrogens with one attached hydrogen (secondary N) is 2. The highest BCUT2D eigenvalue weighted by atomic mass is 32.2. The molecule has 0 spiro atoms. The van der Waals surface area contributed by atoms with Crippen molar-refractivity contribution in [3.63, 3.8) is 0 Å². The molecule has 0 amide bonds. The van der Waals surface area contributed by atoms with Crippen LogP contribution < -0.4 is 16.4 Å². The number of rotatable bonds is 11. The minimum Gasteiger partial charge on any atom is -0.480 e. The van der Waals surface area contributed by atoms with Gasteiger partial charge in [0.25, 0.3) is 10.1 Å². The van der Waals surface area contributed by atoms with E-state index in [2.05, 4.69) is 16.7 Å². The summed E-state index contributed by atoms with van der Waals surface area (Å²) in [6, 6.07) is 7.08. The topological polar surface area (TPSA) is 142 Å². The highest BCUT2D eigenvalue weighted by Gasteiger charge is 2.57. The Bertz CT molecular complexity index is 937. The fourth-order valence-electron chi connectivity index (χ4n) is 6.78. The fraction of sp³-hybridized carbons (Fsp3) is 0.696. The molecule has 0 aromatic heterocycles. The maximum Gasteiger partial charge on any atom is 0.320 e. The molecule has 4 fully saturated rings. The smallest absolute Gasteiger partial charge is 0.320 e. The minimum atomic E-state index is -3.91. The quantitative estimate of drug-likeness (QED) is 0.245. The molecule has 4 bridgehead atoms. The van der Waals surface area contributed by atoms with Gasteiger partial charge in [0, 0.05) is 17.6 Å². The first-order valence-corrected chi connectivity index (χ1v) is 13.2. The van der Waals surface area contributed by atoms with E-state index in [1.807, 2.05) is 18.2 Å². The molecule has 0 heterocycles. The molecule has 1 aromatic carbocycles. The van der Waals surface area contributed by atoms with Crippen molar-refractivity contribution in [2.24, 2.45) is 17.6 Å². The third-order valence-corrected chi connectivity index (χ3v) is 8.38. The summed E-state index contributed by atoms with van der Waals surface area (Å²) in [6.45, 7) is 1.33. The highest BCUT2D eigenvalue weighted by molar-refractivity contribution is 7.85. The lowest BCUT2D eigenvalue weighted by molar-refractivity contribution is -0.138. The molecule has 3 atom stereocenters. The molecule has 1 aromatic rings. The van der Waals surface area contributed by atoms with Gasteiger partial charge in [-0.05, 0) is 80.9 Å².